The molecule has 2 aromatic rings. The molecule has 6 nitrogen and oxygen atoms in total. The van der Waals surface area contributed by atoms with Crippen LogP contribution in [0.2, 0.25) is 0 Å². The van der Waals surface area contributed by atoms with Crippen LogP contribution in [0, 0.1) is 0 Å². The largest absolute Gasteiger partial charge is 0.379 e. The van der Waals surface area contributed by atoms with Gasteiger partial charge in [0.25, 0.3) is 5.56 Å². The van der Waals surface area contributed by atoms with Gasteiger partial charge in [-0.3, -0.25) is 4.79 Å². The lowest BCUT2D eigenvalue weighted by molar-refractivity contribution is 0.597. The molecule has 0 saturated carbocycles. The number of anilines is 1. The Bertz CT molecular complexity index is 784. The van der Waals surface area contributed by atoms with E-state index in [9.17, 15) is 13.2 Å². The molecule has 106 valence electrons. The second-order valence-corrected chi connectivity index (χ2v) is 6.64. The molecule has 0 unspecified atom stereocenters. The number of nitrogens with two attached hydrogens (primary N) is 1. The van der Waals surface area contributed by atoms with Crippen LogP contribution in [0.25, 0.3) is 11.3 Å². The van der Waals surface area contributed by atoms with Gasteiger partial charge < -0.3 is 10.3 Å². The Balaban J connectivity index is 2.60. The maximum atomic E-state index is 11.9. The van der Waals surface area contributed by atoms with E-state index >= 15 is 0 Å². The smallest absolute Gasteiger partial charge is 0.292 e. The van der Waals surface area contributed by atoms with E-state index in [1.54, 1.807) is 26.1 Å². The molecule has 2 rings (SSSR count). The molecular formula is C13H15N3O3S. The number of aromatic nitrogens is 2. The molecule has 7 heteroatoms. The molecule has 0 bridgehead atoms. The van der Waals surface area contributed by atoms with E-state index in [1.807, 2.05) is 0 Å². The summed E-state index contributed by atoms with van der Waals surface area (Å²) >= 11 is 0. The number of nitrogens with zero attached hydrogens (tertiary/aromatic N) is 2. The Morgan fingerprint density at radius 3 is 2.65 bits per heavy atom. The lowest BCUT2D eigenvalue weighted by Crippen LogP contribution is -2.21. The molecule has 0 fully saturated rings. The Morgan fingerprint density at radius 2 is 2.05 bits per heavy atom. The monoisotopic (exact) mass is 293 g/mol. The summed E-state index contributed by atoms with van der Waals surface area (Å²) in [5.41, 5.74) is 6.22. The maximum absolute atomic E-state index is 11.9. The van der Waals surface area contributed by atoms with Crippen molar-refractivity contribution in [2.24, 2.45) is 7.05 Å². The van der Waals surface area contributed by atoms with Gasteiger partial charge in [-0.05, 0) is 12.1 Å². The molecule has 0 atom stereocenters. The molecule has 1 aromatic carbocycles. The summed E-state index contributed by atoms with van der Waals surface area (Å²) in [5.74, 6) is -0.0898. The van der Waals surface area contributed by atoms with Gasteiger partial charge in [-0.25, -0.2) is 13.4 Å². The van der Waals surface area contributed by atoms with Crippen LogP contribution in [0.4, 0.5) is 5.82 Å². The van der Waals surface area contributed by atoms with Crippen LogP contribution in [0.3, 0.4) is 0 Å². The molecule has 1 heterocycles. The third kappa shape index (κ3) is 2.57. The van der Waals surface area contributed by atoms with Gasteiger partial charge in [0, 0.05) is 18.8 Å². The third-order valence-electron chi connectivity index (χ3n) is 2.97. The molecule has 1 aromatic heterocycles. The molecule has 0 aliphatic rings. The molecule has 0 aliphatic heterocycles. The third-order valence-corrected chi connectivity index (χ3v) is 4.70. The van der Waals surface area contributed by atoms with E-state index in [4.69, 9.17) is 5.73 Å². The van der Waals surface area contributed by atoms with Crippen LogP contribution < -0.4 is 11.3 Å². The standard InChI is InChI=1S/C13H15N3O3S/c1-3-20(18,19)10-6-4-5-9(7-10)11-8-16(2)13(17)12(14)15-11/h4-8H,3H2,1-2H3,(H2,14,15). The Morgan fingerprint density at radius 1 is 1.35 bits per heavy atom. The summed E-state index contributed by atoms with van der Waals surface area (Å²) in [6.07, 6.45) is 1.52. The molecule has 0 aliphatic carbocycles. The number of aryl methyl sites for hydroxylation is 1. The van der Waals surface area contributed by atoms with Gasteiger partial charge in [0.1, 0.15) is 0 Å². The summed E-state index contributed by atoms with van der Waals surface area (Å²) in [7, 11) is -1.72. The molecule has 0 saturated heterocycles. The van der Waals surface area contributed by atoms with Crippen LogP contribution >= 0.6 is 0 Å². The highest BCUT2D eigenvalue weighted by atomic mass is 32.2. The Hall–Kier alpha value is -2.15. The zero-order valence-corrected chi connectivity index (χ0v) is 12.0. The average molecular weight is 293 g/mol. The van der Waals surface area contributed by atoms with Crippen molar-refractivity contribution in [1.29, 1.82) is 0 Å². The summed E-state index contributed by atoms with van der Waals surface area (Å²) in [6, 6.07) is 6.43. The van der Waals surface area contributed by atoms with Crippen molar-refractivity contribution < 1.29 is 8.42 Å². The fourth-order valence-corrected chi connectivity index (χ4v) is 2.71. The van der Waals surface area contributed by atoms with E-state index in [0.717, 1.165) is 0 Å². The summed E-state index contributed by atoms with van der Waals surface area (Å²) in [4.78, 5) is 15.7. The van der Waals surface area contributed by atoms with Gasteiger partial charge in [0.2, 0.25) is 0 Å². The van der Waals surface area contributed by atoms with E-state index in [1.165, 1.54) is 22.9 Å². The minimum atomic E-state index is -3.28. The second kappa shape index (κ2) is 5.09. The zero-order chi connectivity index (χ0) is 14.9. The first-order valence-corrected chi connectivity index (χ1v) is 7.66. The van der Waals surface area contributed by atoms with Gasteiger partial charge in [0.05, 0.1) is 16.3 Å². The Labute approximate surface area is 116 Å². The average Bonchev–Trinajstić information content (AvgIpc) is 2.44. The normalized spacial score (nSPS) is 11.5. The molecule has 0 spiro atoms. The van der Waals surface area contributed by atoms with Gasteiger partial charge in [-0.15, -0.1) is 0 Å². The van der Waals surface area contributed by atoms with Crippen LogP contribution in [-0.2, 0) is 16.9 Å². The van der Waals surface area contributed by atoms with Crippen molar-refractivity contribution in [3.63, 3.8) is 0 Å². The predicted octanol–water partition coefficient (Wildman–Crippen LogP) is 0.823. The minimum Gasteiger partial charge on any atom is -0.379 e. The van der Waals surface area contributed by atoms with Crippen molar-refractivity contribution in [2.45, 2.75) is 11.8 Å². The van der Waals surface area contributed by atoms with Crippen molar-refractivity contribution >= 4 is 15.7 Å². The van der Waals surface area contributed by atoms with Gasteiger partial charge in [-0.1, -0.05) is 19.1 Å². The lowest BCUT2D eigenvalue weighted by Gasteiger charge is -2.07. The molecule has 20 heavy (non-hydrogen) atoms. The number of hydrogen-bond acceptors (Lipinski definition) is 5. The number of rotatable bonds is 3. The Kier molecular flexibility index (Phi) is 3.63. The highest BCUT2D eigenvalue weighted by Crippen LogP contribution is 2.21. The number of hydrogen-bond donors (Lipinski definition) is 1. The van der Waals surface area contributed by atoms with E-state index in [-0.39, 0.29) is 22.0 Å². The second-order valence-electron chi connectivity index (χ2n) is 4.36. The van der Waals surface area contributed by atoms with Gasteiger partial charge in [-0.2, -0.15) is 0 Å². The van der Waals surface area contributed by atoms with E-state index in [2.05, 4.69) is 4.98 Å². The van der Waals surface area contributed by atoms with Crippen molar-refractivity contribution in [1.82, 2.24) is 9.55 Å². The van der Waals surface area contributed by atoms with Crippen molar-refractivity contribution in [2.75, 3.05) is 11.5 Å². The van der Waals surface area contributed by atoms with Gasteiger partial charge >= 0.3 is 0 Å². The quantitative estimate of drug-likeness (QED) is 0.904. The highest BCUT2D eigenvalue weighted by molar-refractivity contribution is 7.91. The number of sulfone groups is 1. The molecule has 0 amide bonds. The van der Waals surface area contributed by atoms with Crippen molar-refractivity contribution in [3.8, 4) is 11.3 Å². The first-order valence-electron chi connectivity index (χ1n) is 6.01. The lowest BCUT2D eigenvalue weighted by atomic mass is 10.1. The highest BCUT2D eigenvalue weighted by Gasteiger charge is 2.13. The minimum absolute atomic E-state index is 0.0271. The fraction of sp³-hybridized carbons (Fsp3) is 0.231. The van der Waals surface area contributed by atoms with Crippen LogP contribution in [-0.4, -0.2) is 23.7 Å². The summed E-state index contributed by atoms with van der Waals surface area (Å²) in [5, 5.41) is 0. The molecule has 2 N–H and O–H groups in total. The first kappa shape index (κ1) is 14.3. The molecule has 0 radical (unpaired) electrons. The summed E-state index contributed by atoms with van der Waals surface area (Å²) in [6.45, 7) is 1.59. The van der Waals surface area contributed by atoms with E-state index in [0.29, 0.717) is 11.3 Å². The molecular weight excluding hydrogens is 278 g/mol. The number of benzene rings is 1. The topological polar surface area (TPSA) is 95.0 Å². The fourth-order valence-electron chi connectivity index (χ4n) is 1.78. The van der Waals surface area contributed by atoms with Crippen molar-refractivity contribution in [3.05, 3.63) is 40.8 Å². The van der Waals surface area contributed by atoms with Crippen LogP contribution in [0.1, 0.15) is 6.92 Å². The zero-order valence-electron chi connectivity index (χ0n) is 11.2. The first-order chi connectivity index (χ1) is 9.35. The van der Waals surface area contributed by atoms with Gasteiger partial charge in [0.15, 0.2) is 15.7 Å². The van der Waals surface area contributed by atoms with Crippen LogP contribution in [0.15, 0.2) is 40.2 Å². The van der Waals surface area contributed by atoms with E-state index < -0.39 is 9.84 Å². The SMILES string of the molecule is CCS(=O)(=O)c1cccc(-c2cn(C)c(=O)c(N)n2)c1. The predicted molar refractivity (Wildman–Crippen MR) is 77.1 cm³/mol. The maximum Gasteiger partial charge on any atom is 0.292 e. The number of nitrogen functional groups attached to an aromatic ring is 1. The summed E-state index contributed by atoms with van der Waals surface area (Å²) < 4.78 is 25.1. The van der Waals surface area contributed by atoms with Crippen LogP contribution in [0.5, 0.6) is 0 Å².